The summed E-state index contributed by atoms with van der Waals surface area (Å²) in [6, 6.07) is 5.94. The van der Waals surface area contributed by atoms with Crippen molar-refractivity contribution in [3.05, 3.63) is 24.4 Å². The van der Waals surface area contributed by atoms with Gasteiger partial charge < -0.3 is 4.74 Å². The number of H-pyrrole nitrogens is 1. The molecule has 0 aliphatic heterocycles. The van der Waals surface area contributed by atoms with Gasteiger partial charge in [0.1, 0.15) is 11.3 Å². The van der Waals surface area contributed by atoms with Crippen molar-refractivity contribution in [1.29, 1.82) is 0 Å². The predicted octanol–water partition coefficient (Wildman–Crippen LogP) is 2.35. The molecule has 68 valence electrons. The van der Waals surface area contributed by atoms with E-state index >= 15 is 0 Å². The van der Waals surface area contributed by atoms with Gasteiger partial charge >= 0.3 is 0 Å². The summed E-state index contributed by atoms with van der Waals surface area (Å²) < 4.78 is 5.56. The second kappa shape index (κ2) is 3.47. The Balaban J connectivity index is 2.37. The predicted molar refractivity (Wildman–Crippen MR) is 51.9 cm³/mol. The molecular weight excluding hydrogens is 164 g/mol. The topological polar surface area (TPSA) is 37.9 Å². The summed E-state index contributed by atoms with van der Waals surface area (Å²) >= 11 is 0. The lowest BCUT2D eigenvalue weighted by Gasteiger charge is -2.04. The molecule has 2 aromatic rings. The van der Waals surface area contributed by atoms with Crippen LogP contribution in [0.25, 0.3) is 10.9 Å². The molecule has 0 aliphatic carbocycles. The molecule has 1 N–H and O–H groups in total. The fourth-order valence-corrected chi connectivity index (χ4v) is 1.27. The molecule has 0 radical (unpaired) electrons. The van der Waals surface area contributed by atoms with Crippen molar-refractivity contribution in [3.8, 4) is 5.75 Å². The van der Waals surface area contributed by atoms with Crippen LogP contribution in [-0.2, 0) is 0 Å². The van der Waals surface area contributed by atoms with Crippen molar-refractivity contribution in [3.63, 3.8) is 0 Å². The average molecular weight is 176 g/mol. The van der Waals surface area contributed by atoms with Crippen molar-refractivity contribution in [2.45, 2.75) is 13.3 Å². The highest BCUT2D eigenvalue weighted by Crippen LogP contribution is 2.22. The number of hydrogen-bond donors (Lipinski definition) is 1. The van der Waals surface area contributed by atoms with Gasteiger partial charge in [0.25, 0.3) is 0 Å². The fourth-order valence-electron chi connectivity index (χ4n) is 1.27. The van der Waals surface area contributed by atoms with E-state index in [0.717, 1.165) is 29.7 Å². The first kappa shape index (κ1) is 8.10. The zero-order valence-electron chi connectivity index (χ0n) is 7.58. The highest BCUT2D eigenvalue weighted by atomic mass is 16.5. The molecule has 0 saturated carbocycles. The highest BCUT2D eigenvalue weighted by Gasteiger charge is 2.01. The maximum atomic E-state index is 5.56. The van der Waals surface area contributed by atoms with Crippen molar-refractivity contribution in [2.24, 2.45) is 0 Å². The number of nitrogens with one attached hydrogen (secondary N) is 1. The van der Waals surface area contributed by atoms with E-state index in [0.29, 0.717) is 0 Å². The Morgan fingerprint density at radius 1 is 1.46 bits per heavy atom. The van der Waals surface area contributed by atoms with Gasteiger partial charge in [0.05, 0.1) is 12.8 Å². The maximum absolute atomic E-state index is 5.56. The zero-order chi connectivity index (χ0) is 9.10. The fraction of sp³-hybridized carbons (Fsp3) is 0.300. The summed E-state index contributed by atoms with van der Waals surface area (Å²) in [7, 11) is 0. The molecule has 0 unspecified atom stereocenters. The lowest BCUT2D eigenvalue weighted by molar-refractivity contribution is 0.320. The molecule has 0 spiro atoms. The van der Waals surface area contributed by atoms with Crippen LogP contribution in [-0.4, -0.2) is 16.8 Å². The van der Waals surface area contributed by atoms with Crippen LogP contribution < -0.4 is 4.74 Å². The first-order valence-corrected chi connectivity index (χ1v) is 4.46. The molecule has 3 heteroatoms. The van der Waals surface area contributed by atoms with Crippen molar-refractivity contribution in [2.75, 3.05) is 6.61 Å². The molecule has 1 heterocycles. The Morgan fingerprint density at radius 3 is 3.23 bits per heavy atom. The van der Waals surface area contributed by atoms with Crippen molar-refractivity contribution in [1.82, 2.24) is 10.2 Å². The number of rotatable bonds is 3. The minimum Gasteiger partial charge on any atom is -0.491 e. The molecule has 2 rings (SSSR count). The van der Waals surface area contributed by atoms with Gasteiger partial charge in [-0.15, -0.1) is 0 Å². The van der Waals surface area contributed by atoms with Gasteiger partial charge in [-0.05, 0) is 12.5 Å². The number of fused-ring (bicyclic) bond motifs is 1. The van der Waals surface area contributed by atoms with E-state index in [9.17, 15) is 0 Å². The monoisotopic (exact) mass is 176 g/mol. The first-order valence-electron chi connectivity index (χ1n) is 4.46. The number of hydrogen-bond acceptors (Lipinski definition) is 2. The molecule has 0 saturated heterocycles. The molecule has 0 fully saturated rings. The minimum atomic E-state index is 0.748. The largest absolute Gasteiger partial charge is 0.491 e. The number of para-hydroxylation sites is 1. The summed E-state index contributed by atoms with van der Waals surface area (Å²) in [5.41, 5.74) is 0.982. The standard InChI is InChI=1S/C10H12N2O/c1-2-6-13-9-5-3-4-8-7-11-12-10(8)9/h3-5,7H,2,6H2,1H3,(H,11,12). The van der Waals surface area contributed by atoms with E-state index in [1.807, 2.05) is 18.2 Å². The number of benzene rings is 1. The van der Waals surface area contributed by atoms with Crippen LogP contribution in [0.4, 0.5) is 0 Å². The number of nitrogens with zero attached hydrogens (tertiary/aromatic N) is 1. The van der Waals surface area contributed by atoms with Gasteiger partial charge in [-0.3, -0.25) is 5.10 Å². The van der Waals surface area contributed by atoms with E-state index in [1.54, 1.807) is 6.20 Å². The zero-order valence-corrected chi connectivity index (χ0v) is 7.58. The minimum absolute atomic E-state index is 0.748. The summed E-state index contributed by atoms with van der Waals surface area (Å²) in [5, 5.41) is 7.98. The molecule has 1 aromatic heterocycles. The lowest BCUT2D eigenvalue weighted by Crippen LogP contribution is -1.95. The van der Waals surface area contributed by atoms with Gasteiger partial charge in [-0.25, -0.2) is 0 Å². The summed E-state index contributed by atoms with van der Waals surface area (Å²) in [6.45, 7) is 2.84. The van der Waals surface area contributed by atoms with Gasteiger partial charge in [-0.2, -0.15) is 5.10 Å². The third-order valence-electron chi connectivity index (χ3n) is 1.90. The lowest BCUT2D eigenvalue weighted by atomic mass is 10.2. The SMILES string of the molecule is CCCOc1cccc2cn[nH]c12. The van der Waals surface area contributed by atoms with Crippen LogP contribution >= 0.6 is 0 Å². The quantitative estimate of drug-likeness (QED) is 0.779. The highest BCUT2D eigenvalue weighted by molar-refractivity contribution is 5.83. The van der Waals surface area contributed by atoms with Crippen molar-refractivity contribution >= 4 is 10.9 Å². The average Bonchev–Trinajstić information content (AvgIpc) is 2.62. The van der Waals surface area contributed by atoms with E-state index < -0.39 is 0 Å². The first-order chi connectivity index (χ1) is 6.42. The molecule has 0 aliphatic rings. The third-order valence-corrected chi connectivity index (χ3v) is 1.90. The molecule has 1 aromatic carbocycles. The van der Waals surface area contributed by atoms with Crippen LogP contribution in [0.5, 0.6) is 5.75 Å². The van der Waals surface area contributed by atoms with Crippen LogP contribution in [0, 0.1) is 0 Å². The van der Waals surface area contributed by atoms with Crippen LogP contribution in [0.15, 0.2) is 24.4 Å². The molecule has 0 bridgehead atoms. The Morgan fingerprint density at radius 2 is 2.38 bits per heavy atom. The van der Waals surface area contributed by atoms with Gasteiger partial charge in [-0.1, -0.05) is 19.1 Å². The Labute approximate surface area is 76.7 Å². The second-order valence-corrected chi connectivity index (χ2v) is 2.94. The van der Waals surface area contributed by atoms with E-state index in [1.165, 1.54) is 0 Å². The Hall–Kier alpha value is -1.51. The summed E-state index contributed by atoms with van der Waals surface area (Å²) in [4.78, 5) is 0. The molecule has 13 heavy (non-hydrogen) atoms. The molecule has 0 amide bonds. The van der Waals surface area contributed by atoms with Crippen LogP contribution in [0.3, 0.4) is 0 Å². The Bertz CT molecular complexity index is 394. The van der Waals surface area contributed by atoms with Crippen LogP contribution in [0.1, 0.15) is 13.3 Å². The third kappa shape index (κ3) is 1.49. The second-order valence-electron chi connectivity index (χ2n) is 2.94. The summed E-state index contributed by atoms with van der Waals surface area (Å²) in [6.07, 6.45) is 2.82. The van der Waals surface area contributed by atoms with Gasteiger partial charge in [0, 0.05) is 5.39 Å². The molecular formula is C10H12N2O. The summed E-state index contributed by atoms with van der Waals surface area (Å²) in [5.74, 6) is 0.886. The normalized spacial score (nSPS) is 10.5. The Kier molecular flexibility index (Phi) is 2.17. The van der Waals surface area contributed by atoms with E-state index in [2.05, 4.69) is 17.1 Å². The number of aromatic amines is 1. The molecule has 3 nitrogen and oxygen atoms in total. The maximum Gasteiger partial charge on any atom is 0.144 e. The number of ether oxygens (including phenoxy) is 1. The van der Waals surface area contributed by atoms with Crippen LogP contribution in [0.2, 0.25) is 0 Å². The smallest absolute Gasteiger partial charge is 0.144 e. The molecule has 0 atom stereocenters. The van der Waals surface area contributed by atoms with E-state index in [-0.39, 0.29) is 0 Å². The van der Waals surface area contributed by atoms with Crippen molar-refractivity contribution < 1.29 is 4.74 Å². The van der Waals surface area contributed by atoms with E-state index in [4.69, 9.17) is 4.74 Å². The number of aromatic nitrogens is 2. The van der Waals surface area contributed by atoms with Gasteiger partial charge in [0.2, 0.25) is 0 Å². The van der Waals surface area contributed by atoms with Gasteiger partial charge in [0.15, 0.2) is 0 Å².